The van der Waals surface area contributed by atoms with Gasteiger partial charge >= 0.3 is 5.97 Å². The van der Waals surface area contributed by atoms with Crippen LogP contribution in [0.15, 0.2) is 18.5 Å². The molecule has 0 saturated carbocycles. The van der Waals surface area contributed by atoms with Gasteiger partial charge in [0.15, 0.2) is 0 Å². The summed E-state index contributed by atoms with van der Waals surface area (Å²) in [5.74, 6) is -0.00787. The Kier molecular flexibility index (Phi) is 5.72. The molecule has 1 saturated heterocycles. The van der Waals surface area contributed by atoms with Crippen molar-refractivity contribution in [2.24, 2.45) is 0 Å². The van der Waals surface area contributed by atoms with Crippen LogP contribution in [0.5, 0.6) is 5.75 Å². The third-order valence-corrected chi connectivity index (χ3v) is 4.56. The van der Waals surface area contributed by atoms with Crippen molar-refractivity contribution in [3.8, 4) is 5.75 Å². The van der Waals surface area contributed by atoms with Crippen molar-refractivity contribution in [1.29, 1.82) is 0 Å². The second-order valence-electron chi connectivity index (χ2n) is 7.52. The molecule has 1 aliphatic heterocycles. The summed E-state index contributed by atoms with van der Waals surface area (Å²) >= 11 is 0. The summed E-state index contributed by atoms with van der Waals surface area (Å²) in [6, 6.07) is 1.73. The molecule has 148 valence electrons. The van der Waals surface area contributed by atoms with Crippen molar-refractivity contribution in [3.05, 3.63) is 29.7 Å². The highest BCUT2D eigenvalue weighted by Crippen LogP contribution is 2.35. The molecule has 7 nitrogen and oxygen atoms in total. The zero-order valence-corrected chi connectivity index (χ0v) is 16.4. The molecule has 2 aromatic rings. The molecule has 1 aliphatic rings. The maximum absolute atomic E-state index is 12.5. The first-order valence-electron chi connectivity index (χ1n) is 9.50. The monoisotopic (exact) mass is 376 g/mol. The van der Waals surface area contributed by atoms with Gasteiger partial charge in [0, 0.05) is 25.1 Å². The lowest BCUT2D eigenvalue weighted by Crippen LogP contribution is -2.37. The van der Waals surface area contributed by atoms with Gasteiger partial charge in [0.1, 0.15) is 22.6 Å². The third-order valence-electron chi connectivity index (χ3n) is 4.56. The van der Waals surface area contributed by atoms with E-state index in [9.17, 15) is 9.90 Å². The number of aliphatic hydroxyl groups excluding tert-OH is 1. The van der Waals surface area contributed by atoms with Crippen LogP contribution in [0.4, 0.5) is 0 Å². The molecule has 0 aromatic carbocycles. The molecule has 3 rings (SSSR count). The lowest BCUT2D eigenvalue weighted by atomic mass is 9.92. The van der Waals surface area contributed by atoms with Crippen LogP contribution in [-0.4, -0.2) is 45.9 Å². The van der Waals surface area contributed by atoms with E-state index in [-0.39, 0.29) is 18.8 Å². The van der Waals surface area contributed by atoms with Crippen LogP contribution in [0.2, 0.25) is 0 Å². The topological polar surface area (TPSA) is 82.3 Å². The number of rotatable bonds is 6. The average molecular weight is 376 g/mol. The Morgan fingerprint density at radius 1 is 1.30 bits per heavy atom. The van der Waals surface area contributed by atoms with Gasteiger partial charge in [0.2, 0.25) is 0 Å². The first-order valence-corrected chi connectivity index (χ1v) is 9.50. The zero-order chi connectivity index (χ0) is 19.6. The molecule has 7 heteroatoms. The molecule has 3 heterocycles. The molecule has 27 heavy (non-hydrogen) atoms. The largest absolute Gasteiger partial charge is 0.490 e. The summed E-state index contributed by atoms with van der Waals surface area (Å²) in [7, 11) is 0. The number of aliphatic hydroxyl groups is 1. The predicted molar refractivity (Wildman–Crippen MR) is 100 cm³/mol. The average Bonchev–Trinajstić information content (AvgIpc) is 3.04. The molecule has 1 atom stereocenters. The third kappa shape index (κ3) is 4.09. The van der Waals surface area contributed by atoms with Crippen molar-refractivity contribution in [2.45, 2.75) is 64.8 Å². The Morgan fingerprint density at radius 2 is 2.07 bits per heavy atom. The molecule has 1 fully saturated rings. The highest BCUT2D eigenvalue weighted by atomic mass is 16.5. The summed E-state index contributed by atoms with van der Waals surface area (Å²) in [6.45, 7) is 7.88. The van der Waals surface area contributed by atoms with E-state index in [1.165, 1.54) is 0 Å². The Balaban J connectivity index is 2.06. The van der Waals surface area contributed by atoms with Gasteiger partial charge in [-0.05, 0) is 47.0 Å². The van der Waals surface area contributed by atoms with Crippen LogP contribution < -0.4 is 4.74 Å². The number of carbonyl (C=O) groups is 1. The van der Waals surface area contributed by atoms with Crippen LogP contribution in [0, 0.1) is 0 Å². The molecule has 0 bridgehead atoms. The smallest absolute Gasteiger partial charge is 0.343 e. The summed E-state index contributed by atoms with van der Waals surface area (Å²) in [5, 5.41) is 9.96. The molecule has 1 N–H and O–H groups in total. The summed E-state index contributed by atoms with van der Waals surface area (Å²) < 4.78 is 18.8. The number of pyridine rings is 1. The quantitative estimate of drug-likeness (QED) is 0.780. The molecular formula is C20H28N2O5. The highest BCUT2D eigenvalue weighted by Gasteiger charge is 2.37. The minimum Gasteiger partial charge on any atom is -0.490 e. The Labute approximate surface area is 159 Å². The second-order valence-corrected chi connectivity index (χ2v) is 7.52. The maximum Gasteiger partial charge on any atom is 0.343 e. The number of ether oxygens (including phenoxy) is 3. The molecule has 0 unspecified atom stereocenters. The van der Waals surface area contributed by atoms with Crippen LogP contribution in [-0.2, 0) is 15.1 Å². The van der Waals surface area contributed by atoms with Gasteiger partial charge in [-0.15, -0.1) is 0 Å². The number of nitrogens with zero attached hydrogens (tertiary/aromatic N) is 2. The lowest BCUT2D eigenvalue weighted by Gasteiger charge is -2.34. The summed E-state index contributed by atoms with van der Waals surface area (Å²) in [5.41, 5.74) is 0.844. The molecule has 0 spiro atoms. The van der Waals surface area contributed by atoms with Crippen molar-refractivity contribution in [1.82, 2.24) is 9.38 Å². The fourth-order valence-corrected chi connectivity index (χ4v) is 3.28. The van der Waals surface area contributed by atoms with Crippen molar-refractivity contribution in [2.75, 3.05) is 13.2 Å². The molecule has 0 radical (unpaired) electrons. The molecule has 2 aromatic heterocycles. The van der Waals surface area contributed by atoms with Crippen LogP contribution in [0.25, 0.3) is 5.65 Å². The number of hydrogen-bond acceptors (Lipinski definition) is 6. The van der Waals surface area contributed by atoms with E-state index in [0.717, 1.165) is 12.8 Å². The Morgan fingerprint density at radius 3 is 2.67 bits per heavy atom. The summed E-state index contributed by atoms with van der Waals surface area (Å²) in [4.78, 5) is 17.2. The van der Waals surface area contributed by atoms with Gasteiger partial charge in [-0.3, -0.25) is 0 Å². The van der Waals surface area contributed by atoms with E-state index in [1.807, 2.05) is 20.0 Å². The van der Waals surface area contributed by atoms with Crippen LogP contribution >= 0.6 is 0 Å². The molecule has 0 aliphatic carbocycles. The van der Waals surface area contributed by atoms with Crippen molar-refractivity contribution >= 4 is 11.6 Å². The normalized spacial score (nSPS) is 20.4. The van der Waals surface area contributed by atoms with E-state index >= 15 is 0 Å². The van der Waals surface area contributed by atoms with E-state index < -0.39 is 11.6 Å². The van der Waals surface area contributed by atoms with E-state index in [4.69, 9.17) is 14.2 Å². The van der Waals surface area contributed by atoms with Gasteiger partial charge in [-0.1, -0.05) is 0 Å². The number of esters is 1. The van der Waals surface area contributed by atoms with Gasteiger partial charge in [0.05, 0.1) is 24.5 Å². The lowest BCUT2D eigenvalue weighted by molar-refractivity contribution is -0.116. The van der Waals surface area contributed by atoms with Crippen molar-refractivity contribution < 1.29 is 24.1 Å². The molecular weight excluding hydrogens is 348 g/mol. The highest BCUT2D eigenvalue weighted by molar-refractivity contribution is 5.93. The SMILES string of the molecule is CC(C)OC(=O)c1cn2cc([C@]3(CO)CCCCO3)nc2cc1OC(C)C. The summed E-state index contributed by atoms with van der Waals surface area (Å²) in [6.07, 6.45) is 5.81. The predicted octanol–water partition coefficient (Wildman–Crippen LogP) is 3.07. The first kappa shape index (κ1) is 19.6. The second kappa shape index (κ2) is 7.86. The molecule has 0 amide bonds. The minimum atomic E-state index is -0.790. The Hall–Kier alpha value is -2.12. The van der Waals surface area contributed by atoms with E-state index in [0.29, 0.717) is 35.7 Å². The van der Waals surface area contributed by atoms with Crippen molar-refractivity contribution in [3.63, 3.8) is 0 Å². The van der Waals surface area contributed by atoms with E-state index in [2.05, 4.69) is 4.98 Å². The minimum absolute atomic E-state index is 0.0991. The van der Waals surface area contributed by atoms with Crippen LogP contribution in [0.3, 0.4) is 0 Å². The standard InChI is InChI=1S/C20H28N2O5/c1-13(2)26-16-9-18-21-17(20(12-23)7-5-6-8-25-20)11-22(18)10-15(16)19(24)27-14(3)4/h9-11,13-14,23H,5-8,12H2,1-4H3/t20-/m1/s1. The van der Waals surface area contributed by atoms with Gasteiger partial charge in [-0.25, -0.2) is 9.78 Å². The van der Waals surface area contributed by atoms with Gasteiger partial charge in [0.25, 0.3) is 0 Å². The fraction of sp³-hybridized carbons (Fsp3) is 0.600. The maximum atomic E-state index is 12.5. The van der Waals surface area contributed by atoms with E-state index in [1.54, 1.807) is 30.5 Å². The Bertz CT molecular complexity index is 806. The number of imidazole rings is 1. The van der Waals surface area contributed by atoms with Gasteiger partial charge in [-0.2, -0.15) is 0 Å². The van der Waals surface area contributed by atoms with Gasteiger partial charge < -0.3 is 23.7 Å². The number of fused-ring (bicyclic) bond motifs is 1. The number of carbonyl (C=O) groups excluding carboxylic acids is 1. The number of aromatic nitrogens is 2. The fourth-order valence-electron chi connectivity index (χ4n) is 3.28. The zero-order valence-electron chi connectivity index (χ0n) is 16.4. The number of hydrogen-bond donors (Lipinski definition) is 1. The first-order chi connectivity index (χ1) is 12.8. The van der Waals surface area contributed by atoms with Crippen LogP contribution in [0.1, 0.15) is 63.0 Å².